The van der Waals surface area contributed by atoms with Gasteiger partial charge in [0.05, 0.1) is 0 Å². The zero-order valence-corrected chi connectivity index (χ0v) is 14.1. The Morgan fingerprint density at radius 2 is 1.46 bits per heavy atom. The van der Waals surface area contributed by atoms with Crippen LogP contribution in [0.5, 0.6) is 0 Å². The standard InChI is InChI=1S/C22H23NO/c1-16-10-8-9-15-19(16)22-23-20(17-11-4-2-5-12-17)21(24-22)18-13-6-3-7-14-18/h2-7,11-14,16,19H,8-10,15H2,1H3. The van der Waals surface area contributed by atoms with Gasteiger partial charge in [0.1, 0.15) is 5.69 Å². The maximum atomic E-state index is 6.35. The molecule has 2 unspecified atom stereocenters. The molecule has 0 bridgehead atoms. The first-order valence-corrected chi connectivity index (χ1v) is 8.94. The third-order valence-corrected chi connectivity index (χ3v) is 5.16. The zero-order valence-electron chi connectivity index (χ0n) is 14.1. The number of rotatable bonds is 3. The number of benzene rings is 2. The van der Waals surface area contributed by atoms with E-state index in [0.29, 0.717) is 11.8 Å². The van der Waals surface area contributed by atoms with E-state index in [1.807, 2.05) is 12.1 Å². The lowest BCUT2D eigenvalue weighted by Gasteiger charge is -2.25. The van der Waals surface area contributed by atoms with Gasteiger partial charge in [-0.05, 0) is 18.8 Å². The maximum Gasteiger partial charge on any atom is 0.198 e. The third kappa shape index (κ3) is 2.89. The molecule has 1 fully saturated rings. The number of hydrogen-bond donors (Lipinski definition) is 0. The fourth-order valence-electron chi connectivity index (χ4n) is 3.76. The van der Waals surface area contributed by atoms with Gasteiger partial charge in [0, 0.05) is 17.0 Å². The van der Waals surface area contributed by atoms with E-state index in [9.17, 15) is 0 Å². The van der Waals surface area contributed by atoms with Crippen molar-refractivity contribution in [3.8, 4) is 22.6 Å². The van der Waals surface area contributed by atoms with E-state index in [1.165, 1.54) is 25.7 Å². The topological polar surface area (TPSA) is 26.0 Å². The molecule has 2 aromatic carbocycles. The molecule has 0 radical (unpaired) electrons. The first-order valence-electron chi connectivity index (χ1n) is 8.94. The van der Waals surface area contributed by atoms with Crippen LogP contribution in [-0.4, -0.2) is 4.98 Å². The molecule has 122 valence electrons. The van der Waals surface area contributed by atoms with Crippen LogP contribution in [0.3, 0.4) is 0 Å². The van der Waals surface area contributed by atoms with Crippen molar-refractivity contribution >= 4 is 0 Å². The van der Waals surface area contributed by atoms with Crippen LogP contribution < -0.4 is 0 Å². The van der Waals surface area contributed by atoms with Gasteiger partial charge in [-0.1, -0.05) is 80.4 Å². The molecule has 1 aromatic heterocycles. The van der Waals surface area contributed by atoms with E-state index >= 15 is 0 Å². The molecule has 24 heavy (non-hydrogen) atoms. The van der Waals surface area contributed by atoms with Crippen LogP contribution in [0.2, 0.25) is 0 Å². The minimum absolute atomic E-state index is 0.443. The highest BCUT2D eigenvalue weighted by atomic mass is 16.4. The Kier molecular flexibility index (Phi) is 4.20. The minimum atomic E-state index is 0.443. The Hall–Kier alpha value is -2.35. The van der Waals surface area contributed by atoms with E-state index in [-0.39, 0.29) is 0 Å². The third-order valence-electron chi connectivity index (χ3n) is 5.16. The van der Waals surface area contributed by atoms with Crippen LogP contribution in [0.25, 0.3) is 22.6 Å². The van der Waals surface area contributed by atoms with Gasteiger partial charge in [-0.15, -0.1) is 0 Å². The molecule has 1 saturated carbocycles. The lowest BCUT2D eigenvalue weighted by atomic mass is 9.80. The molecule has 1 aliphatic carbocycles. The highest BCUT2D eigenvalue weighted by Gasteiger charge is 2.29. The summed E-state index contributed by atoms with van der Waals surface area (Å²) in [4.78, 5) is 4.96. The summed E-state index contributed by atoms with van der Waals surface area (Å²) in [6, 6.07) is 20.7. The Bertz CT molecular complexity index is 734. The first kappa shape index (κ1) is 15.2. The van der Waals surface area contributed by atoms with Gasteiger partial charge in [-0.2, -0.15) is 0 Å². The molecule has 2 nitrogen and oxygen atoms in total. The van der Waals surface area contributed by atoms with E-state index in [4.69, 9.17) is 9.40 Å². The lowest BCUT2D eigenvalue weighted by molar-refractivity contribution is 0.284. The highest BCUT2D eigenvalue weighted by Crippen LogP contribution is 2.41. The second kappa shape index (κ2) is 6.64. The Morgan fingerprint density at radius 1 is 0.833 bits per heavy atom. The Balaban J connectivity index is 1.82. The maximum absolute atomic E-state index is 6.35. The molecular formula is C22H23NO. The second-order valence-electron chi connectivity index (χ2n) is 6.83. The molecular weight excluding hydrogens is 294 g/mol. The van der Waals surface area contributed by atoms with Gasteiger partial charge in [0.2, 0.25) is 0 Å². The lowest BCUT2D eigenvalue weighted by Crippen LogP contribution is -2.15. The number of hydrogen-bond acceptors (Lipinski definition) is 2. The summed E-state index contributed by atoms with van der Waals surface area (Å²) in [5.41, 5.74) is 3.18. The van der Waals surface area contributed by atoms with Crippen molar-refractivity contribution < 1.29 is 4.42 Å². The monoisotopic (exact) mass is 317 g/mol. The molecule has 1 aliphatic rings. The predicted molar refractivity (Wildman–Crippen MR) is 97.7 cm³/mol. The van der Waals surface area contributed by atoms with Crippen LogP contribution in [-0.2, 0) is 0 Å². The second-order valence-corrected chi connectivity index (χ2v) is 6.83. The van der Waals surface area contributed by atoms with E-state index in [1.54, 1.807) is 0 Å². The average molecular weight is 317 g/mol. The summed E-state index contributed by atoms with van der Waals surface area (Å²) in [7, 11) is 0. The van der Waals surface area contributed by atoms with Crippen LogP contribution in [0.4, 0.5) is 0 Å². The Labute approximate surface area is 143 Å². The fourth-order valence-corrected chi connectivity index (χ4v) is 3.76. The number of oxazole rings is 1. The van der Waals surface area contributed by atoms with Crippen molar-refractivity contribution in [2.24, 2.45) is 5.92 Å². The highest BCUT2D eigenvalue weighted by molar-refractivity contribution is 5.76. The molecule has 2 heteroatoms. The molecule has 2 atom stereocenters. The van der Waals surface area contributed by atoms with E-state index < -0.39 is 0 Å². The van der Waals surface area contributed by atoms with E-state index in [2.05, 4.69) is 55.5 Å². The summed E-state index contributed by atoms with van der Waals surface area (Å²) in [5, 5.41) is 0. The zero-order chi connectivity index (χ0) is 16.4. The Morgan fingerprint density at radius 3 is 2.12 bits per heavy atom. The smallest absolute Gasteiger partial charge is 0.198 e. The summed E-state index contributed by atoms with van der Waals surface area (Å²) in [5.74, 6) is 2.90. The van der Waals surface area contributed by atoms with Crippen LogP contribution in [0.1, 0.15) is 44.4 Å². The van der Waals surface area contributed by atoms with Gasteiger partial charge in [0.15, 0.2) is 11.7 Å². The molecule has 3 aromatic rings. The minimum Gasteiger partial charge on any atom is -0.440 e. The molecule has 1 heterocycles. The molecule has 0 spiro atoms. The normalized spacial score (nSPS) is 20.9. The molecule has 4 rings (SSSR count). The van der Waals surface area contributed by atoms with Crippen molar-refractivity contribution in [2.75, 3.05) is 0 Å². The van der Waals surface area contributed by atoms with Gasteiger partial charge in [-0.25, -0.2) is 4.98 Å². The van der Waals surface area contributed by atoms with Crippen LogP contribution >= 0.6 is 0 Å². The van der Waals surface area contributed by atoms with Crippen molar-refractivity contribution in [1.82, 2.24) is 4.98 Å². The van der Waals surface area contributed by atoms with E-state index in [0.717, 1.165) is 28.5 Å². The van der Waals surface area contributed by atoms with Gasteiger partial charge >= 0.3 is 0 Å². The number of nitrogens with zero attached hydrogens (tertiary/aromatic N) is 1. The summed E-state index contributed by atoms with van der Waals surface area (Å²) < 4.78 is 6.35. The van der Waals surface area contributed by atoms with Gasteiger partial charge in [0.25, 0.3) is 0 Å². The van der Waals surface area contributed by atoms with Crippen molar-refractivity contribution in [3.05, 3.63) is 66.6 Å². The van der Waals surface area contributed by atoms with Gasteiger partial charge in [-0.3, -0.25) is 0 Å². The van der Waals surface area contributed by atoms with Gasteiger partial charge < -0.3 is 4.42 Å². The van der Waals surface area contributed by atoms with Crippen molar-refractivity contribution in [3.63, 3.8) is 0 Å². The van der Waals surface area contributed by atoms with Crippen LogP contribution in [0, 0.1) is 5.92 Å². The first-order chi connectivity index (χ1) is 11.8. The molecule has 0 saturated heterocycles. The quantitative estimate of drug-likeness (QED) is 0.566. The fraction of sp³-hybridized carbons (Fsp3) is 0.318. The van der Waals surface area contributed by atoms with Crippen molar-refractivity contribution in [1.29, 1.82) is 0 Å². The average Bonchev–Trinajstić information content (AvgIpc) is 3.09. The predicted octanol–water partition coefficient (Wildman–Crippen LogP) is 6.30. The molecule has 0 aliphatic heterocycles. The number of aromatic nitrogens is 1. The summed E-state index contributed by atoms with van der Waals surface area (Å²) in [6.07, 6.45) is 5.06. The largest absolute Gasteiger partial charge is 0.440 e. The summed E-state index contributed by atoms with van der Waals surface area (Å²) in [6.45, 7) is 2.33. The molecule has 0 amide bonds. The molecule has 0 N–H and O–H groups in total. The van der Waals surface area contributed by atoms with Crippen molar-refractivity contribution in [2.45, 2.75) is 38.5 Å². The van der Waals surface area contributed by atoms with Crippen LogP contribution in [0.15, 0.2) is 65.1 Å². The summed E-state index contributed by atoms with van der Waals surface area (Å²) >= 11 is 0. The SMILES string of the molecule is CC1CCCCC1c1nc(-c2ccccc2)c(-c2ccccc2)o1.